The summed E-state index contributed by atoms with van der Waals surface area (Å²) in [7, 11) is 0. The summed E-state index contributed by atoms with van der Waals surface area (Å²) in [6, 6.07) is 7.15. The molecule has 0 N–H and O–H groups in total. The molecular weight excluding hydrogens is 316 g/mol. The number of para-hydroxylation sites is 1. The third-order valence-corrected chi connectivity index (χ3v) is 5.28. The van der Waals surface area contributed by atoms with Gasteiger partial charge in [0, 0.05) is 0 Å². The number of carbonyl (C=O) groups excluding carboxylic acids is 1. The van der Waals surface area contributed by atoms with Gasteiger partial charge < -0.3 is 4.74 Å². The van der Waals surface area contributed by atoms with Gasteiger partial charge >= 0.3 is 5.97 Å². The summed E-state index contributed by atoms with van der Waals surface area (Å²) < 4.78 is 7.11. The molecule has 0 bridgehead atoms. The molecule has 1 aromatic carbocycles. The quantitative estimate of drug-likeness (QED) is 0.799. The Balaban J connectivity index is 1.74. The number of aromatic nitrogens is 2. The molecule has 0 aliphatic heterocycles. The van der Waals surface area contributed by atoms with E-state index < -0.39 is 0 Å². The van der Waals surface area contributed by atoms with E-state index >= 15 is 0 Å². The zero-order chi connectivity index (χ0) is 18.0. The van der Waals surface area contributed by atoms with E-state index in [-0.39, 0.29) is 24.2 Å². The second-order valence-electron chi connectivity index (χ2n) is 7.55. The van der Waals surface area contributed by atoms with E-state index in [0.29, 0.717) is 28.7 Å². The lowest BCUT2D eigenvalue weighted by Crippen LogP contribution is -2.37. The van der Waals surface area contributed by atoms with Crippen LogP contribution >= 0.6 is 0 Å². The number of benzene rings is 1. The molecule has 0 saturated heterocycles. The lowest BCUT2D eigenvalue weighted by atomic mass is 9.75. The molecular formula is C20H26N2O3. The second-order valence-corrected chi connectivity index (χ2v) is 7.55. The molecule has 1 aliphatic carbocycles. The van der Waals surface area contributed by atoms with Crippen LogP contribution in [0.3, 0.4) is 0 Å². The smallest absolute Gasteiger partial charge is 0.326 e. The topological polar surface area (TPSA) is 61.2 Å². The highest BCUT2D eigenvalue weighted by molar-refractivity contribution is 5.77. The van der Waals surface area contributed by atoms with Crippen molar-refractivity contribution in [2.45, 2.75) is 52.7 Å². The van der Waals surface area contributed by atoms with Crippen LogP contribution in [-0.2, 0) is 16.1 Å². The number of hydrogen-bond acceptors (Lipinski definition) is 4. The molecule has 3 rings (SSSR count). The first-order valence-electron chi connectivity index (χ1n) is 9.09. The second kappa shape index (κ2) is 7.38. The van der Waals surface area contributed by atoms with Crippen molar-refractivity contribution >= 4 is 16.9 Å². The van der Waals surface area contributed by atoms with Crippen LogP contribution in [-0.4, -0.2) is 21.6 Å². The SMILES string of the molecule is CC1CCC(C(C)C)C(OC(=O)Cn2cnc3ccccc3c2=O)C1. The van der Waals surface area contributed by atoms with Crippen LogP contribution in [0.25, 0.3) is 10.9 Å². The van der Waals surface area contributed by atoms with Gasteiger partial charge in [0.15, 0.2) is 0 Å². The molecule has 1 saturated carbocycles. The fraction of sp³-hybridized carbons (Fsp3) is 0.550. The minimum absolute atomic E-state index is 0.0552. The van der Waals surface area contributed by atoms with Crippen molar-refractivity contribution < 1.29 is 9.53 Å². The van der Waals surface area contributed by atoms with E-state index in [4.69, 9.17) is 4.74 Å². The maximum absolute atomic E-state index is 12.5. The molecule has 5 nitrogen and oxygen atoms in total. The van der Waals surface area contributed by atoms with Gasteiger partial charge in [0.1, 0.15) is 12.6 Å². The molecule has 1 fully saturated rings. The Labute approximate surface area is 148 Å². The summed E-state index contributed by atoms with van der Waals surface area (Å²) in [5, 5.41) is 0.518. The van der Waals surface area contributed by atoms with Crippen molar-refractivity contribution in [3.05, 3.63) is 40.9 Å². The molecule has 2 aromatic rings. The Morgan fingerprint density at radius 3 is 2.84 bits per heavy atom. The predicted octanol–water partition coefficient (Wildman–Crippen LogP) is 3.40. The van der Waals surface area contributed by atoms with Gasteiger partial charge in [0.25, 0.3) is 5.56 Å². The van der Waals surface area contributed by atoms with Crippen LogP contribution in [0, 0.1) is 17.8 Å². The van der Waals surface area contributed by atoms with E-state index in [1.165, 1.54) is 17.3 Å². The normalized spacial score (nSPS) is 23.8. The number of ether oxygens (including phenoxy) is 1. The van der Waals surface area contributed by atoms with Crippen LogP contribution in [0.2, 0.25) is 0 Å². The Morgan fingerprint density at radius 1 is 1.32 bits per heavy atom. The summed E-state index contributed by atoms with van der Waals surface area (Å²) in [6.45, 7) is 6.47. The number of esters is 1. The fourth-order valence-corrected chi connectivity index (χ4v) is 3.81. The minimum atomic E-state index is -0.357. The fourth-order valence-electron chi connectivity index (χ4n) is 3.81. The summed E-state index contributed by atoms with van der Waals surface area (Å²) >= 11 is 0. The number of hydrogen-bond donors (Lipinski definition) is 0. The van der Waals surface area contributed by atoms with E-state index in [0.717, 1.165) is 12.8 Å². The predicted molar refractivity (Wildman–Crippen MR) is 97.2 cm³/mol. The molecule has 0 spiro atoms. The first-order valence-corrected chi connectivity index (χ1v) is 9.09. The third-order valence-electron chi connectivity index (χ3n) is 5.28. The molecule has 3 atom stereocenters. The summed E-state index contributed by atoms with van der Waals surface area (Å²) in [5.41, 5.74) is 0.429. The maximum atomic E-state index is 12.5. The van der Waals surface area contributed by atoms with Crippen molar-refractivity contribution in [1.29, 1.82) is 0 Å². The summed E-state index contributed by atoms with van der Waals surface area (Å²) in [6.07, 6.45) is 4.55. The average molecular weight is 342 g/mol. The number of rotatable bonds is 4. The molecule has 1 aliphatic rings. The molecule has 25 heavy (non-hydrogen) atoms. The van der Waals surface area contributed by atoms with Crippen molar-refractivity contribution in [2.75, 3.05) is 0 Å². The van der Waals surface area contributed by atoms with Crippen molar-refractivity contribution in [3.8, 4) is 0 Å². The largest absolute Gasteiger partial charge is 0.461 e. The zero-order valence-corrected chi connectivity index (χ0v) is 15.1. The van der Waals surface area contributed by atoms with E-state index in [9.17, 15) is 9.59 Å². The Morgan fingerprint density at radius 2 is 2.08 bits per heavy atom. The van der Waals surface area contributed by atoms with Crippen LogP contribution in [0.5, 0.6) is 0 Å². The lowest BCUT2D eigenvalue weighted by molar-refractivity contribution is -0.156. The van der Waals surface area contributed by atoms with E-state index in [2.05, 4.69) is 25.8 Å². The highest BCUT2D eigenvalue weighted by Gasteiger charge is 2.33. The van der Waals surface area contributed by atoms with Gasteiger partial charge in [-0.1, -0.05) is 39.3 Å². The Bertz CT molecular complexity index is 812. The molecule has 3 unspecified atom stereocenters. The van der Waals surface area contributed by atoms with Crippen LogP contribution < -0.4 is 5.56 Å². The van der Waals surface area contributed by atoms with Crippen LogP contribution in [0.15, 0.2) is 35.4 Å². The maximum Gasteiger partial charge on any atom is 0.326 e. The van der Waals surface area contributed by atoms with Crippen LogP contribution in [0.4, 0.5) is 0 Å². The third kappa shape index (κ3) is 3.91. The van der Waals surface area contributed by atoms with Gasteiger partial charge in [0.2, 0.25) is 0 Å². The van der Waals surface area contributed by atoms with E-state index in [1.54, 1.807) is 18.2 Å². The van der Waals surface area contributed by atoms with Crippen molar-refractivity contribution in [2.24, 2.45) is 17.8 Å². The molecule has 134 valence electrons. The number of fused-ring (bicyclic) bond motifs is 1. The summed E-state index contributed by atoms with van der Waals surface area (Å²) in [5.74, 6) is 1.09. The summed E-state index contributed by atoms with van der Waals surface area (Å²) in [4.78, 5) is 29.2. The van der Waals surface area contributed by atoms with Gasteiger partial charge in [-0.2, -0.15) is 0 Å². The zero-order valence-electron chi connectivity index (χ0n) is 15.1. The standard InChI is InChI=1S/C20H26N2O3/c1-13(2)15-9-8-14(3)10-18(15)25-19(23)11-22-12-21-17-7-5-4-6-16(17)20(22)24/h4-7,12-15,18H,8-11H2,1-3H3. The van der Waals surface area contributed by atoms with Gasteiger partial charge in [-0.3, -0.25) is 14.2 Å². The highest BCUT2D eigenvalue weighted by Crippen LogP contribution is 2.35. The molecule has 5 heteroatoms. The van der Waals surface area contributed by atoms with Gasteiger partial charge in [-0.15, -0.1) is 0 Å². The van der Waals surface area contributed by atoms with Gasteiger partial charge in [-0.25, -0.2) is 4.98 Å². The minimum Gasteiger partial charge on any atom is -0.461 e. The lowest BCUT2D eigenvalue weighted by Gasteiger charge is -2.36. The van der Waals surface area contributed by atoms with Crippen LogP contribution in [0.1, 0.15) is 40.0 Å². The van der Waals surface area contributed by atoms with Gasteiger partial charge in [-0.05, 0) is 42.7 Å². The molecule has 1 heterocycles. The average Bonchev–Trinajstić information content (AvgIpc) is 2.57. The van der Waals surface area contributed by atoms with Crippen molar-refractivity contribution in [3.63, 3.8) is 0 Å². The molecule has 0 radical (unpaired) electrons. The first kappa shape index (κ1) is 17.6. The highest BCUT2D eigenvalue weighted by atomic mass is 16.5. The van der Waals surface area contributed by atoms with Gasteiger partial charge in [0.05, 0.1) is 17.2 Å². The Kier molecular flexibility index (Phi) is 5.21. The number of carbonyl (C=O) groups is 1. The van der Waals surface area contributed by atoms with Crippen molar-refractivity contribution in [1.82, 2.24) is 9.55 Å². The monoisotopic (exact) mass is 342 g/mol. The Hall–Kier alpha value is -2.17. The molecule has 0 amide bonds. The number of nitrogens with zero attached hydrogens (tertiary/aromatic N) is 2. The van der Waals surface area contributed by atoms with E-state index in [1.807, 2.05) is 6.07 Å². The molecule has 1 aromatic heterocycles. The first-order chi connectivity index (χ1) is 12.0.